The standard InChI is InChI=1S/C13H27NOSi2/c1-13(2,3)17(7,8)15-12(11-14)9-10-16(4,5)6/h9H,10H2,1-8H3/b12-9-. The van der Waals surface area contributed by atoms with Crippen molar-refractivity contribution in [1.29, 1.82) is 5.26 Å². The molecule has 0 atom stereocenters. The Balaban J connectivity index is 4.81. The first-order valence-corrected chi connectivity index (χ1v) is 12.8. The lowest BCUT2D eigenvalue weighted by atomic mass is 10.2. The summed E-state index contributed by atoms with van der Waals surface area (Å²) < 4.78 is 6.01. The Bertz CT molecular complexity index is 327. The molecule has 0 aliphatic rings. The van der Waals surface area contributed by atoms with Crippen molar-refractivity contribution in [3.05, 3.63) is 11.8 Å². The molecule has 0 fully saturated rings. The van der Waals surface area contributed by atoms with Gasteiger partial charge in [0.2, 0.25) is 0 Å². The molecule has 0 saturated heterocycles. The maximum absolute atomic E-state index is 9.15. The second-order valence-corrected chi connectivity index (χ2v) is 17.6. The van der Waals surface area contributed by atoms with E-state index in [9.17, 15) is 0 Å². The SMILES string of the molecule is CC(C)(C)[Si](C)(C)O/C(C#N)=C\C[Si](C)(C)C. The fraction of sp³-hybridized carbons (Fsp3) is 0.769. The Hall–Kier alpha value is -0.536. The third-order valence-electron chi connectivity index (χ3n) is 3.18. The van der Waals surface area contributed by atoms with Gasteiger partial charge in [-0.3, -0.25) is 0 Å². The van der Waals surface area contributed by atoms with Crippen LogP contribution >= 0.6 is 0 Å². The van der Waals surface area contributed by atoms with E-state index in [2.05, 4.69) is 59.6 Å². The summed E-state index contributed by atoms with van der Waals surface area (Å²) in [6, 6.07) is 3.20. The predicted molar refractivity (Wildman–Crippen MR) is 80.1 cm³/mol. The number of nitriles is 1. The Morgan fingerprint density at radius 1 is 1.18 bits per heavy atom. The van der Waals surface area contributed by atoms with Crippen LogP contribution in [0.25, 0.3) is 0 Å². The lowest BCUT2D eigenvalue weighted by Crippen LogP contribution is -2.40. The maximum atomic E-state index is 9.15. The van der Waals surface area contributed by atoms with E-state index in [0.717, 1.165) is 6.04 Å². The van der Waals surface area contributed by atoms with E-state index in [1.807, 2.05) is 6.08 Å². The van der Waals surface area contributed by atoms with Crippen LogP contribution in [0, 0.1) is 11.3 Å². The quantitative estimate of drug-likeness (QED) is 0.419. The first kappa shape index (κ1) is 16.5. The van der Waals surface area contributed by atoms with Crippen LogP contribution in [0.4, 0.5) is 0 Å². The molecule has 0 aliphatic carbocycles. The first-order valence-electron chi connectivity index (χ1n) is 6.18. The molecule has 17 heavy (non-hydrogen) atoms. The zero-order chi connectivity index (χ0) is 13.9. The summed E-state index contributed by atoms with van der Waals surface area (Å²) in [6.07, 6.45) is 1.99. The zero-order valence-electron chi connectivity index (χ0n) is 12.6. The largest absolute Gasteiger partial charge is 0.537 e. The summed E-state index contributed by atoms with van der Waals surface area (Å²) in [5.41, 5.74) is 0. The second-order valence-electron chi connectivity index (χ2n) is 7.31. The van der Waals surface area contributed by atoms with Gasteiger partial charge in [0.1, 0.15) is 6.07 Å². The molecule has 0 rings (SSSR count). The van der Waals surface area contributed by atoms with Gasteiger partial charge in [-0.25, -0.2) is 0 Å². The molecule has 0 aromatic heterocycles. The monoisotopic (exact) mass is 269 g/mol. The van der Waals surface area contributed by atoms with Gasteiger partial charge in [-0.15, -0.1) is 0 Å². The van der Waals surface area contributed by atoms with Crippen LogP contribution in [0.1, 0.15) is 20.8 Å². The zero-order valence-corrected chi connectivity index (χ0v) is 14.6. The Labute approximate surface area is 109 Å². The molecule has 4 heteroatoms. The molecule has 0 bridgehead atoms. The highest BCUT2D eigenvalue weighted by Crippen LogP contribution is 2.37. The van der Waals surface area contributed by atoms with Gasteiger partial charge in [0, 0.05) is 8.07 Å². The van der Waals surface area contributed by atoms with Crippen LogP contribution in [0.5, 0.6) is 0 Å². The van der Waals surface area contributed by atoms with Crippen molar-refractivity contribution in [1.82, 2.24) is 0 Å². The van der Waals surface area contributed by atoms with E-state index in [0.29, 0.717) is 5.76 Å². The smallest absolute Gasteiger partial charge is 0.251 e. The molecule has 0 spiro atoms. The third kappa shape index (κ3) is 6.08. The molecule has 0 saturated carbocycles. The highest BCUT2D eigenvalue weighted by molar-refractivity contribution is 6.76. The molecule has 0 radical (unpaired) electrons. The summed E-state index contributed by atoms with van der Waals surface area (Å²) in [5, 5.41) is 9.29. The van der Waals surface area contributed by atoms with Gasteiger partial charge in [0.05, 0.1) is 0 Å². The molecular formula is C13H27NOSi2. The van der Waals surface area contributed by atoms with E-state index in [1.165, 1.54) is 0 Å². The average Bonchev–Trinajstić information content (AvgIpc) is 2.08. The van der Waals surface area contributed by atoms with Crippen LogP contribution in [0.3, 0.4) is 0 Å². The number of allylic oxidation sites excluding steroid dienone is 2. The molecular weight excluding hydrogens is 242 g/mol. The van der Waals surface area contributed by atoms with Gasteiger partial charge >= 0.3 is 0 Å². The maximum Gasteiger partial charge on any atom is 0.251 e. The summed E-state index contributed by atoms with van der Waals surface area (Å²) in [4.78, 5) is 0. The van der Waals surface area contributed by atoms with Gasteiger partial charge in [0.25, 0.3) is 8.32 Å². The molecule has 0 aromatic carbocycles. The molecule has 2 nitrogen and oxygen atoms in total. The lowest BCUT2D eigenvalue weighted by Gasteiger charge is -2.36. The van der Waals surface area contributed by atoms with Crippen molar-refractivity contribution in [3.8, 4) is 6.07 Å². The summed E-state index contributed by atoms with van der Waals surface area (Å²) in [7, 11) is -3.01. The Morgan fingerprint density at radius 3 is 1.94 bits per heavy atom. The van der Waals surface area contributed by atoms with Crippen LogP contribution in [-0.2, 0) is 4.43 Å². The van der Waals surface area contributed by atoms with E-state index < -0.39 is 16.4 Å². The van der Waals surface area contributed by atoms with Crippen LogP contribution < -0.4 is 0 Å². The van der Waals surface area contributed by atoms with E-state index in [1.54, 1.807) is 0 Å². The average molecular weight is 270 g/mol. The van der Waals surface area contributed by atoms with Crippen molar-refractivity contribution >= 4 is 16.4 Å². The number of hydrogen-bond acceptors (Lipinski definition) is 2. The van der Waals surface area contributed by atoms with Crippen LogP contribution in [0.2, 0.25) is 43.8 Å². The van der Waals surface area contributed by atoms with E-state index in [-0.39, 0.29) is 5.04 Å². The fourth-order valence-electron chi connectivity index (χ4n) is 0.937. The van der Waals surface area contributed by atoms with Gasteiger partial charge in [-0.05, 0) is 30.3 Å². The Kier molecular flexibility index (Phi) is 5.23. The predicted octanol–water partition coefficient (Wildman–Crippen LogP) is 4.75. The third-order valence-corrected chi connectivity index (χ3v) is 8.95. The summed E-state index contributed by atoms with van der Waals surface area (Å²) in [6.45, 7) is 17.8. The van der Waals surface area contributed by atoms with Gasteiger partial charge in [-0.1, -0.05) is 40.4 Å². The number of rotatable bonds is 4. The van der Waals surface area contributed by atoms with Crippen molar-refractivity contribution in [2.45, 2.75) is 64.6 Å². The van der Waals surface area contributed by atoms with E-state index in [4.69, 9.17) is 9.69 Å². The fourth-order valence-corrected chi connectivity index (χ4v) is 2.72. The summed E-state index contributed by atoms with van der Waals surface area (Å²) >= 11 is 0. The molecule has 0 heterocycles. The molecule has 0 amide bonds. The second kappa shape index (κ2) is 5.41. The van der Waals surface area contributed by atoms with Crippen molar-refractivity contribution in [2.75, 3.05) is 0 Å². The minimum atomic E-state index is -1.86. The highest BCUT2D eigenvalue weighted by Gasteiger charge is 2.39. The normalized spacial score (nSPS) is 14.4. The molecule has 0 N–H and O–H groups in total. The van der Waals surface area contributed by atoms with Crippen molar-refractivity contribution in [2.24, 2.45) is 0 Å². The van der Waals surface area contributed by atoms with Crippen LogP contribution in [-0.4, -0.2) is 16.4 Å². The van der Waals surface area contributed by atoms with E-state index >= 15 is 0 Å². The van der Waals surface area contributed by atoms with Gasteiger partial charge < -0.3 is 4.43 Å². The molecule has 0 aromatic rings. The minimum Gasteiger partial charge on any atom is -0.537 e. The van der Waals surface area contributed by atoms with Crippen LogP contribution in [0.15, 0.2) is 11.8 Å². The summed E-state index contributed by atoms with van der Waals surface area (Å²) in [5.74, 6) is 0.527. The topological polar surface area (TPSA) is 33.0 Å². The first-order chi connectivity index (χ1) is 7.39. The molecule has 0 aliphatic heterocycles. The molecule has 98 valence electrons. The van der Waals surface area contributed by atoms with Gasteiger partial charge in [-0.2, -0.15) is 5.26 Å². The highest BCUT2D eigenvalue weighted by atomic mass is 28.4. The number of hydrogen-bond donors (Lipinski definition) is 0. The number of nitrogens with zero attached hydrogens (tertiary/aromatic N) is 1. The minimum absolute atomic E-state index is 0.141. The molecule has 0 unspecified atom stereocenters. The van der Waals surface area contributed by atoms with Crippen molar-refractivity contribution < 1.29 is 4.43 Å². The van der Waals surface area contributed by atoms with Crippen molar-refractivity contribution in [3.63, 3.8) is 0 Å². The van der Waals surface area contributed by atoms with Gasteiger partial charge in [0.15, 0.2) is 5.76 Å². The Morgan fingerprint density at radius 2 is 1.65 bits per heavy atom. The lowest BCUT2D eigenvalue weighted by molar-refractivity contribution is 0.402.